The summed E-state index contributed by atoms with van der Waals surface area (Å²) < 4.78 is 5.33. The molecule has 0 aromatic heterocycles. The van der Waals surface area contributed by atoms with Gasteiger partial charge in [0.1, 0.15) is 5.75 Å². The fourth-order valence-electron chi connectivity index (χ4n) is 2.33. The van der Waals surface area contributed by atoms with Crippen molar-refractivity contribution >= 4 is 0 Å². The second kappa shape index (κ2) is 6.06. The van der Waals surface area contributed by atoms with Crippen LogP contribution in [0.1, 0.15) is 49.4 Å². The van der Waals surface area contributed by atoms with Crippen molar-refractivity contribution in [1.29, 1.82) is 0 Å². The van der Waals surface area contributed by atoms with E-state index >= 15 is 0 Å². The molecule has 1 rings (SSSR count). The molecule has 0 spiro atoms. The summed E-state index contributed by atoms with van der Waals surface area (Å²) in [6.07, 6.45) is 2.36. The number of hydrogen-bond acceptors (Lipinski definition) is 2. The zero-order valence-corrected chi connectivity index (χ0v) is 11.7. The highest BCUT2D eigenvalue weighted by molar-refractivity contribution is 5.42. The Morgan fingerprint density at radius 1 is 1.24 bits per heavy atom. The van der Waals surface area contributed by atoms with Gasteiger partial charge in [0, 0.05) is 6.04 Å². The van der Waals surface area contributed by atoms with Crippen LogP contribution < -0.4 is 10.5 Å². The van der Waals surface area contributed by atoms with Gasteiger partial charge in [-0.1, -0.05) is 26.3 Å². The number of rotatable bonds is 5. The molecule has 2 heteroatoms. The highest BCUT2D eigenvalue weighted by Gasteiger charge is 2.17. The summed E-state index contributed by atoms with van der Waals surface area (Å²) in [4.78, 5) is 0. The third-order valence-electron chi connectivity index (χ3n) is 3.50. The number of hydrogen-bond donors (Lipinski definition) is 1. The molecule has 0 aliphatic heterocycles. The van der Waals surface area contributed by atoms with Gasteiger partial charge in [-0.25, -0.2) is 0 Å². The maximum Gasteiger partial charge on any atom is 0.122 e. The number of aryl methyl sites for hydroxylation is 2. The lowest BCUT2D eigenvalue weighted by Crippen LogP contribution is -2.20. The Kier molecular flexibility index (Phi) is 5.01. The molecule has 0 bridgehead atoms. The number of benzene rings is 1. The van der Waals surface area contributed by atoms with Gasteiger partial charge in [0.2, 0.25) is 0 Å². The SMILES string of the molecule is CCCC(C)C(N)c1cc(C)c(OC)cc1C. The zero-order valence-electron chi connectivity index (χ0n) is 11.7. The van der Waals surface area contributed by atoms with E-state index < -0.39 is 0 Å². The standard InChI is InChI=1S/C15H25NO/c1-6-7-10(2)15(16)13-8-12(4)14(17-5)9-11(13)3/h8-10,15H,6-7,16H2,1-5H3. The number of nitrogens with two attached hydrogens (primary N) is 1. The van der Waals surface area contributed by atoms with Gasteiger partial charge in [-0.15, -0.1) is 0 Å². The van der Waals surface area contributed by atoms with Crippen LogP contribution in [0.3, 0.4) is 0 Å². The highest BCUT2D eigenvalue weighted by Crippen LogP contribution is 2.30. The fraction of sp³-hybridized carbons (Fsp3) is 0.600. The fourth-order valence-corrected chi connectivity index (χ4v) is 2.33. The predicted octanol–water partition coefficient (Wildman–Crippen LogP) is 3.75. The first-order chi connectivity index (χ1) is 8.01. The Bertz CT molecular complexity index is 373. The van der Waals surface area contributed by atoms with Crippen molar-refractivity contribution in [1.82, 2.24) is 0 Å². The molecule has 0 saturated heterocycles. The van der Waals surface area contributed by atoms with Crippen molar-refractivity contribution in [3.05, 3.63) is 28.8 Å². The van der Waals surface area contributed by atoms with Crippen molar-refractivity contribution in [3.8, 4) is 5.75 Å². The Morgan fingerprint density at radius 3 is 2.41 bits per heavy atom. The van der Waals surface area contributed by atoms with E-state index in [-0.39, 0.29) is 6.04 Å². The second-order valence-electron chi connectivity index (χ2n) is 4.97. The van der Waals surface area contributed by atoms with Gasteiger partial charge in [0.05, 0.1) is 7.11 Å². The van der Waals surface area contributed by atoms with Crippen LogP contribution in [-0.4, -0.2) is 7.11 Å². The minimum atomic E-state index is 0.125. The molecule has 17 heavy (non-hydrogen) atoms. The third-order valence-corrected chi connectivity index (χ3v) is 3.50. The van der Waals surface area contributed by atoms with E-state index in [4.69, 9.17) is 10.5 Å². The molecule has 0 aliphatic rings. The molecule has 0 heterocycles. The maximum atomic E-state index is 6.35. The largest absolute Gasteiger partial charge is 0.496 e. The topological polar surface area (TPSA) is 35.2 Å². The van der Waals surface area contributed by atoms with Crippen LogP contribution in [0.15, 0.2) is 12.1 Å². The first kappa shape index (κ1) is 14.0. The molecule has 1 aromatic rings. The monoisotopic (exact) mass is 235 g/mol. The summed E-state index contributed by atoms with van der Waals surface area (Å²) in [7, 11) is 1.71. The normalized spacial score (nSPS) is 14.5. The average Bonchev–Trinajstić information content (AvgIpc) is 2.31. The van der Waals surface area contributed by atoms with Crippen LogP contribution in [0, 0.1) is 19.8 Å². The summed E-state index contributed by atoms with van der Waals surface area (Å²) in [6.45, 7) is 8.61. The van der Waals surface area contributed by atoms with Crippen molar-refractivity contribution in [2.75, 3.05) is 7.11 Å². The van der Waals surface area contributed by atoms with Crippen LogP contribution in [-0.2, 0) is 0 Å². The maximum absolute atomic E-state index is 6.35. The lowest BCUT2D eigenvalue weighted by atomic mass is 9.88. The van der Waals surface area contributed by atoms with Crippen LogP contribution in [0.2, 0.25) is 0 Å². The second-order valence-corrected chi connectivity index (χ2v) is 4.97. The van der Waals surface area contributed by atoms with Crippen LogP contribution in [0.5, 0.6) is 5.75 Å². The molecule has 0 aliphatic carbocycles. The smallest absolute Gasteiger partial charge is 0.122 e. The summed E-state index contributed by atoms with van der Waals surface area (Å²) in [6, 6.07) is 4.38. The lowest BCUT2D eigenvalue weighted by Gasteiger charge is -2.22. The van der Waals surface area contributed by atoms with Crippen LogP contribution >= 0.6 is 0 Å². The van der Waals surface area contributed by atoms with Crippen molar-refractivity contribution in [2.45, 2.75) is 46.6 Å². The summed E-state index contributed by atoms with van der Waals surface area (Å²) in [5.41, 5.74) is 9.98. The summed E-state index contributed by atoms with van der Waals surface area (Å²) in [5.74, 6) is 1.47. The van der Waals surface area contributed by atoms with Gasteiger partial charge in [0.15, 0.2) is 0 Å². The molecule has 0 saturated carbocycles. The van der Waals surface area contributed by atoms with E-state index in [9.17, 15) is 0 Å². The molecule has 2 nitrogen and oxygen atoms in total. The molecule has 2 N–H and O–H groups in total. The van der Waals surface area contributed by atoms with E-state index in [0.29, 0.717) is 5.92 Å². The lowest BCUT2D eigenvalue weighted by molar-refractivity contribution is 0.408. The van der Waals surface area contributed by atoms with Crippen molar-refractivity contribution in [2.24, 2.45) is 11.7 Å². The minimum absolute atomic E-state index is 0.125. The molecule has 96 valence electrons. The van der Waals surface area contributed by atoms with Gasteiger partial charge >= 0.3 is 0 Å². The molecular weight excluding hydrogens is 210 g/mol. The molecular formula is C15H25NO. The number of ether oxygens (including phenoxy) is 1. The minimum Gasteiger partial charge on any atom is -0.496 e. The van der Waals surface area contributed by atoms with E-state index in [0.717, 1.165) is 11.3 Å². The molecule has 2 unspecified atom stereocenters. The summed E-state index contributed by atoms with van der Waals surface area (Å²) in [5, 5.41) is 0. The molecule has 0 fully saturated rings. The van der Waals surface area contributed by atoms with Crippen LogP contribution in [0.25, 0.3) is 0 Å². The van der Waals surface area contributed by atoms with E-state index in [1.54, 1.807) is 7.11 Å². The third kappa shape index (κ3) is 3.22. The first-order valence-electron chi connectivity index (χ1n) is 6.42. The Morgan fingerprint density at radius 2 is 1.88 bits per heavy atom. The Hall–Kier alpha value is -1.02. The van der Waals surface area contributed by atoms with Gasteiger partial charge < -0.3 is 10.5 Å². The quantitative estimate of drug-likeness (QED) is 0.843. The van der Waals surface area contributed by atoms with Crippen LogP contribution in [0.4, 0.5) is 0 Å². The predicted molar refractivity (Wildman–Crippen MR) is 73.5 cm³/mol. The van der Waals surface area contributed by atoms with Crippen molar-refractivity contribution in [3.63, 3.8) is 0 Å². The first-order valence-corrected chi connectivity index (χ1v) is 6.42. The van der Waals surface area contributed by atoms with Crippen molar-refractivity contribution < 1.29 is 4.74 Å². The molecule has 0 radical (unpaired) electrons. The molecule has 1 aromatic carbocycles. The molecule has 2 atom stereocenters. The number of methoxy groups -OCH3 is 1. The zero-order chi connectivity index (χ0) is 13.0. The van der Waals surface area contributed by atoms with E-state index in [1.807, 2.05) is 0 Å². The Labute approximate surface area is 105 Å². The average molecular weight is 235 g/mol. The van der Waals surface area contributed by atoms with Gasteiger partial charge in [0.25, 0.3) is 0 Å². The van der Waals surface area contributed by atoms with Gasteiger partial charge in [-0.05, 0) is 48.9 Å². The molecule has 0 amide bonds. The van der Waals surface area contributed by atoms with Gasteiger partial charge in [-0.3, -0.25) is 0 Å². The van der Waals surface area contributed by atoms with Gasteiger partial charge in [-0.2, -0.15) is 0 Å². The van der Waals surface area contributed by atoms with E-state index in [1.165, 1.54) is 24.0 Å². The Balaban J connectivity index is 3.01. The summed E-state index contributed by atoms with van der Waals surface area (Å²) >= 11 is 0. The highest BCUT2D eigenvalue weighted by atomic mass is 16.5. The van der Waals surface area contributed by atoms with E-state index in [2.05, 4.69) is 39.8 Å².